The number of unbranched alkanes of at least 4 members (excludes halogenated alkanes) is 44. The van der Waals surface area contributed by atoms with Crippen molar-refractivity contribution in [2.45, 2.75) is 440 Å². The fourth-order valence-electron chi connectivity index (χ4n) is 12.6. The fourth-order valence-corrected chi connectivity index (χ4v) is 14.2. The molecule has 0 rings (SSSR count). The zero-order chi connectivity index (χ0) is 74.6. The molecule has 0 aliphatic rings. The maximum Gasteiger partial charge on any atom is 0.472 e. The largest absolute Gasteiger partial charge is 0.472 e. The SMILES string of the molecule is CCC(C)CCCCCCCCCCCCC(=O)O[C@H](COC(=O)CCCCCCCCCCCCC(C)C)COP(=O)(O)OC[C@H](O)COP(=O)(O)OC[C@@H](COC(=O)CCCCCCCCCCCCCCCCC(C)C)OC(=O)CCCCCCCCCCCCCCCCC(C)C. The Balaban J connectivity index is 5.28. The Morgan fingerprint density at radius 2 is 0.475 bits per heavy atom. The van der Waals surface area contributed by atoms with Gasteiger partial charge in [0.2, 0.25) is 0 Å². The normalized spacial score (nSPS) is 14.3. The van der Waals surface area contributed by atoms with E-state index in [1.165, 1.54) is 225 Å². The van der Waals surface area contributed by atoms with Crippen LogP contribution >= 0.6 is 15.6 Å². The summed E-state index contributed by atoms with van der Waals surface area (Å²) in [4.78, 5) is 73.1. The second kappa shape index (κ2) is 71.0. The molecule has 0 aliphatic heterocycles. The molecular formula is C82H160O17P2. The third-order valence-electron chi connectivity index (χ3n) is 19.4. The van der Waals surface area contributed by atoms with E-state index in [0.29, 0.717) is 25.7 Å². The van der Waals surface area contributed by atoms with E-state index in [0.717, 1.165) is 114 Å². The summed E-state index contributed by atoms with van der Waals surface area (Å²) in [7, 11) is -9.93. The summed E-state index contributed by atoms with van der Waals surface area (Å²) in [5.41, 5.74) is 0. The van der Waals surface area contributed by atoms with E-state index >= 15 is 0 Å². The van der Waals surface area contributed by atoms with Gasteiger partial charge < -0.3 is 33.8 Å². The molecule has 0 amide bonds. The van der Waals surface area contributed by atoms with E-state index in [-0.39, 0.29) is 25.7 Å². The molecule has 0 fully saturated rings. The van der Waals surface area contributed by atoms with Gasteiger partial charge in [0, 0.05) is 25.7 Å². The molecule has 6 atom stereocenters. The molecular weight excluding hydrogens is 1320 g/mol. The number of aliphatic hydroxyl groups is 1. The first-order chi connectivity index (χ1) is 48.6. The molecule has 3 unspecified atom stereocenters. The van der Waals surface area contributed by atoms with E-state index in [1.54, 1.807) is 0 Å². The molecule has 0 aromatic heterocycles. The van der Waals surface area contributed by atoms with Gasteiger partial charge in [0.15, 0.2) is 12.2 Å². The Morgan fingerprint density at radius 1 is 0.277 bits per heavy atom. The van der Waals surface area contributed by atoms with Crippen molar-refractivity contribution in [2.24, 2.45) is 23.7 Å². The van der Waals surface area contributed by atoms with Crippen LogP contribution in [0.5, 0.6) is 0 Å². The summed E-state index contributed by atoms with van der Waals surface area (Å²) in [6.45, 7) is 14.3. The van der Waals surface area contributed by atoms with Crippen LogP contribution in [0.3, 0.4) is 0 Å². The van der Waals surface area contributed by atoms with Crippen molar-refractivity contribution >= 4 is 39.5 Å². The number of rotatable bonds is 79. The standard InChI is InChI=1S/C82H160O17P2/c1-9-75(8)61-53-45-37-29-23-25-33-41-49-57-65-82(87)99-78(69-93-80(85)63-55-47-39-31-24-22-28-36-44-52-60-74(6)7)71-97-101(90,91)95-67-76(83)66-94-100(88,89)96-70-77(98-81(86)64-56-48-40-32-21-17-13-11-15-19-27-35-43-51-59-73(4)5)68-92-79(84)62-54-46-38-30-20-16-12-10-14-18-26-34-42-50-58-72(2)3/h72-78,83H,9-71H2,1-8H3,(H,88,89)(H,90,91)/t75?,76-,77-,78-/m1/s1. The first-order valence-electron chi connectivity index (χ1n) is 42.2. The van der Waals surface area contributed by atoms with E-state index in [9.17, 15) is 43.2 Å². The lowest BCUT2D eigenvalue weighted by molar-refractivity contribution is -0.161. The number of esters is 4. The molecule has 0 bridgehead atoms. The lowest BCUT2D eigenvalue weighted by Gasteiger charge is -2.21. The molecule has 0 heterocycles. The highest BCUT2D eigenvalue weighted by atomic mass is 31.2. The predicted molar refractivity (Wildman–Crippen MR) is 414 cm³/mol. The van der Waals surface area contributed by atoms with Crippen molar-refractivity contribution < 1.29 is 80.2 Å². The number of carbonyl (C=O) groups excluding carboxylic acids is 4. The maximum atomic E-state index is 13.1. The number of hydrogen-bond donors (Lipinski definition) is 3. The number of ether oxygens (including phenoxy) is 4. The molecule has 0 aliphatic carbocycles. The number of aliphatic hydroxyl groups excluding tert-OH is 1. The van der Waals surface area contributed by atoms with Gasteiger partial charge in [-0.15, -0.1) is 0 Å². The Hall–Kier alpha value is -1.94. The van der Waals surface area contributed by atoms with E-state index in [2.05, 4.69) is 55.4 Å². The van der Waals surface area contributed by atoms with Gasteiger partial charge in [0.05, 0.1) is 26.4 Å². The number of phosphoric ester groups is 2. The van der Waals surface area contributed by atoms with Crippen molar-refractivity contribution in [3.8, 4) is 0 Å². The molecule has 0 aromatic carbocycles. The maximum absolute atomic E-state index is 13.1. The van der Waals surface area contributed by atoms with Crippen LogP contribution in [0.2, 0.25) is 0 Å². The molecule has 0 radical (unpaired) electrons. The van der Waals surface area contributed by atoms with E-state index in [1.807, 2.05) is 0 Å². The van der Waals surface area contributed by atoms with Crippen LogP contribution in [0.1, 0.15) is 421 Å². The summed E-state index contributed by atoms with van der Waals surface area (Å²) in [6.07, 6.45) is 58.1. The highest BCUT2D eigenvalue weighted by molar-refractivity contribution is 7.47. The highest BCUT2D eigenvalue weighted by Crippen LogP contribution is 2.45. The summed E-state index contributed by atoms with van der Waals surface area (Å²) in [5, 5.41) is 10.7. The van der Waals surface area contributed by atoms with E-state index < -0.39 is 97.5 Å². The molecule has 17 nitrogen and oxygen atoms in total. The Labute approximate surface area is 619 Å². The quantitative estimate of drug-likeness (QED) is 0.0222. The van der Waals surface area contributed by atoms with Gasteiger partial charge in [-0.2, -0.15) is 0 Å². The second-order valence-corrected chi connectivity index (χ2v) is 34.1. The van der Waals surface area contributed by atoms with Gasteiger partial charge in [0.25, 0.3) is 0 Å². The molecule has 600 valence electrons. The first kappa shape index (κ1) is 99.1. The molecule has 19 heteroatoms. The Morgan fingerprint density at radius 3 is 0.703 bits per heavy atom. The molecule has 0 spiro atoms. The zero-order valence-electron chi connectivity index (χ0n) is 66.5. The van der Waals surface area contributed by atoms with Crippen LogP contribution in [0.4, 0.5) is 0 Å². The average Bonchev–Trinajstić information content (AvgIpc) is 0.962. The van der Waals surface area contributed by atoms with Crippen molar-refractivity contribution in [3.63, 3.8) is 0 Å². The van der Waals surface area contributed by atoms with Crippen molar-refractivity contribution in [1.82, 2.24) is 0 Å². The molecule has 3 N–H and O–H groups in total. The van der Waals surface area contributed by atoms with Gasteiger partial charge >= 0.3 is 39.5 Å². The van der Waals surface area contributed by atoms with Gasteiger partial charge in [-0.25, -0.2) is 9.13 Å². The average molecular weight is 1480 g/mol. The predicted octanol–water partition coefficient (Wildman–Crippen LogP) is 24.4. The Bertz CT molecular complexity index is 1970. The topological polar surface area (TPSA) is 237 Å². The van der Waals surface area contributed by atoms with Crippen LogP contribution in [-0.4, -0.2) is 96.7 Å². The molecule has 101 heavy (non-hydrogen) atoms. The zero-order valence-corrected chi connectivity index (χ0v) is 68.3. The van der Waals surface area contributed by atoms with Crippen LogP contribution in [0, 0.1) is 23.7 Å². The second-order valence-electron chi connectivity index (χ2n) is 31.2. The summed E-state index contributed by atoms with van der Waals surface area (Å²) < 4.78 is 68.8. The first-order valence-corrected chi connectivity index (χ1v) is 45.2. The highest BCUT2D eigenvalue weighted by Gasteiger charge is 2.30. The van der Waals surface area contributed by atoms with Crippen LogP contribution in [0.25, 0.3) is 0 Å². The Kier molecular flexibility index (Phi) is 69.6. The van der Waals surface area contributed by atoms with Crippen LogP contribution in [0.15, 0.2) is 0 Å². The van der Waals surface area contributed by atoms with Gasteiger partial charge in [-0.3, -0.25) is 37.3 Å². The van der Waals surface area contributed by atoms with Crippen LogP contribution < -0.4 is 0 Å². The third-order valence-corrected chi connectivity index (χ3v) is 21.3. The van der Waals surface area contributed by atoms with Crippen molar-refractivity contribution in [3.05, 3.63) is 0 Å². The van der Waals surface area contributed by atoms with Crippen molar-refractivity contribution in [2.75, 3.05) is 39.6 Å². The third kappa shape index (κ3) is 74.7. The number of carbonyl (C=O) groups is 4. The minimum atomic E-state index is -4.96. The van der Waals surface area contributed by atoms with Gasteiger partial charge in [0.1, 0.15) is 19.3 Å². The van der Waals surface area contributed by atoms with Gasteiger partial charge in [-0.05, 0) is 49.4 Å². The minimum Gasteiger partial charge on any atom is -0.462 e. The molecule has 0 saturated carbocycles. The van der Waals surface area contributed by atoms with Gasteiger partial charge in [-0.1, -0.05) is 370 Å². The lowest BCUT2D eigenvalue weighted by atomic mass is 9.99. The summed E-state index contributed by atoms with van der Waals surface area (Å²) in [6, 6.07) is 0. The minimum absolute atomic E-state index is 0.106. The number of hydrogen-bond acceptors (Lipinski definition) is 15. The fraction of sp³-hybridized carbons (Fsp3) is 0.951. The smallest absolute Gasteiger partial charge is 0.462 e. The molecule has 0 saturated heterocycles. The van der Waals surface area contributed by atoms with Crippen LogP contribution in [-0.2, 0) is 65.4 Å². The van der Waals surface area contributed by atoms with E-state index in [4.69, 9.17) is 37.0 Å². The molecule has 0 aromatic rings. The summed E-state index contributed by atoms with van der Waals surface area (Å²) in [5.74, 6) is 1.04. The monoisotopic (exact) mass is 1480 g/mol. The summed E-state index contributed by atoms with van der Waals surface area (Å²) >= 11 is 0. The number of phosphoric acid groups is 2. The lowest BCUT2D eigenvalue weighted by Crippen LogP contribution is -2.30. The van der Waals surface area contributed by atoms with Crippen molar-refractivity contribution in [1.29, 1.82) is 0 Å².